The predicted molar refractivity (Wildman–Crippen MR) is 104 cm³/mol. The van der Waals surface area contributed by atoms with Crippen LogP contribution in [0.5, 0.6) is 0 Å². The topological polar surface area (TPSA) is 64.1 Å². The molecule has 0 saturated carbocycles. The molecule has 0 spiro atoms. The number of anilines is 2. The highest BCUT2D eigenvalue weighted by Gasteiger charge is 2.18. The SMILES string of the molecule is CCCOC(=O)c1cnc2nc(C)ccc2c1Nc1ccc(C)cc1C. The van der Waals surface area contributed by atoms with Gasteiger partial charge in [0.1, 0.15) is 5.56 Å². The molecule has 0 aliphatic carbocycles. The third-order valence-electron chi connectivity index (χ3n) is 4.17. The first-order valence-electron chi connectivity index (χ1n) is 8.77. The van der Waals surface area contributed by atoms with Gasteiger partial charge in [-0.3, -0.25) is 0 Å². The Labute approximate surface area is 153 Å². The summed E-state index contributed by atoms with van der Waals surface area (Å²) < 4.78 is 5.34. The number of carbonyl (C=O) groups is 1. The lowest BCUT2D eigenvalue weighted by molar-refractivity contribution is 0.0506. The summed E-state index contributed by atoms with van der Waals surface area (Å²) >= 11 is 0. The molecule has 0 aliphatic rings. The molecule has 0 saturated heterocycles. The highest BCUT2D eigenvalue weighted by atomic mass is 16.5. The van der Waals surface area contributed by atoms with E-state index < -0.39 is 0 Å². The third kappa shape index (κ3) is 3.67. The molecule has 1 aromatic carbocycles. The predicted octanol–water partition coefficient (Wildman–Crippen LogP) is 4.87. The molecule has 2 aromatic heterocycles. The van der Waals surface area contributed by atoms with Gasteiger partial charge >= 0.3 is 5.97 Å². The number of rotatable bonds is 5. The zero-order chi connectivity index (χ0) is 18.7. The van der Waals surface area contributed by atoms with Crippen molar-refractivity contribution >= 4 is 28.4 Å². The van der Waals surface area contributed by atoms with Gasteiger partial charge in [0.05, 0.1) is 12.3 Å². The Bertz CT molecular complexity index is 967. The van der Waals surface area contributed by atoms with E-state index in [0.29, 0.717) is 23.5 Å². The van der Waals surface area contributed by atoms with Crippen molar-refractivity contribution in [2.75, 3.05) is 11.9 Å². The van der Waals surface area contributed by atoms with Gasteiger partial charge in [-0.2, -0.15) is 0 Å². The first-order chi connectivity index (χ1) is 12.5. The van der Waals surface area contributed by atoms with Gasteiger partial charge in [-0.1, -0.05) is 24.6 Å². The van der Waals surface area contributed by atoms with Crippen molar-refractivity contribution in [3.63, 3.8) is 0 Å². The summed E-state index contributed by atoms with van der Waals surface area (Å²) in [4.78, 5) is 21.4. The molecule has 0 unspecified atom stereocenters. The lowest BCUT2D eigenvalue weighted by Gasteiger charge is -2.16. The van der Waals surface area contributed by atoms with Crippen LogP contribution in [0, 0.1) is 20.8 Å². The number of carbonyl (C=O) groups excluding carboxylic acids is 1. The number of nitrogens with one attached hydrogen (secondary N) is 1. The molecule has 0 aliphatic heterocycles. The first kappa shape index (κ1) is 17.9. The monoisotopic (exact) mass is 349 g/mol. The van der Waals surface area contributed by atoms with Crippen molar-refractivity contribution < 1.29 is 9.53 Å². The van der Waals surface area contributed by atoms with Crippen LogP contribution in [-0.2, 0) is 4.74 Å². The van der Waals surface area contributed by atoms with Gasteiger partial charge in [-0.25, -0.2) is 14.8 Å². The van der Waals surface area contributed by atoms with Crippen LogP contribution in [0.15, 0.2) is 36.5 Å². The summed E-state index contributed by atoms with van der Waals surface area (Å²) in [5.41, 5.74) is 5.80. The average Bonchev–Trinajstić information content (AvgIpc) is 2.61. The Balaban J connectivity index is 2.13. The van der Waals surface area contributed by atoms with E-state index >= 15 is 0 Å². The summed E-state index contributed by atoms with van der Waals surface area (Å²) in [5, 5.41) is 4.20. The molecule has 3 rings (SSSR count). The zero-order valence-corrected chi connectivity index (χ0v) is 15.6. The number of hydrogen-bond donors (Lipinski definition) is 1. The Morgan fingerprint density at radius 2 is 1.96 bits per heavy atom. The largest absolute Gasteiger partial charge is 0.462 e. The van der Waals surface area contributed by atoms with Crippen LogP contribution in [0.1, 0.15) is 40.5 Å². The van der Waals surface area contributed by atoms with E-state index in [1.54, 1.807) is 6.20 Å². The minimum Gasteiger partial charge on any atom is -0.462 e. The van der Waals surface area contributed by atoms with E-state index in [2.05, 4.69) is 28.3 Å². The van der Waals surface area contributed by atoms with Crippen LogP contribution in [0.4, 0.5) is 11.4 Å². The molecule has 5 nitrogen and oxygen atoms in total. The molecular weight excluding hydrogens is 326 g/mol. The highest BCUT2D eigenvalue weighted by Crippen LogP contribution is 2.30. The van der Waals surface area contributed by atoms with E-state index in [0.717, 1.165) is 28.8 Å². The number of aryl methyl sites for hydroxylation is 3. The molecule has 0 bridgehead atoms. The number of nitrogens with zero attached hydrogens (tertiary/aromatic N) is 2. The lowest BCUT2D eigenvalue weighted by atomic mass is 10.1. The molecule has 5 heteroatoms. The second-order valence-corrected chi connectivity index (χ2v) is 6.45. The summed E-state index contributed by atoms with van der Waals surface area (Å²) in [6.07, 6.45) is 2.31. The molecule has 0 fully saturated rings. The van der Waals surface area contributed by atoms with Crippen molar-refractivity contribution in [1.29, 1.82) is 0 Å². The minimum atomic E-state index is -0.380. The van der Waals surface area contributed by atoms with Crippen molar-refractivity contribution in [1.82, 2.24) is 9.97 Å². The van der Waals surface area contributed by atoms with Crippen LogP contribution in [-0.4, -0.2) is 22.5 Å². The van der Waals surface area contributed by atoms with Crippen LogP contribution in [0.2, 0.25) is 0 Å². The molecule has 26 heavy (non-hydrogen) atoms. The minimum absolute atomic E-state index is 0.380. The van der Waals surface area contributed by atoms with Gasteiger partial charge in [0, 0.05) is 23.0 Å². The molecule has 0 atom stereocenters. The van der Waals surface area contributed by atoms with Gasteiger partial charge in [0.2, 0.25) is 0 Å². The first-order valence-corrected chi connectivity index (χ1v) is 8.77. The summed E-state index contributed by atoms with van der Waals surface area (Å²) in [6, 6.07) is 10.0. The Morgan fingerprint density at radius 1 is 1.15 bits per heavy atom. The van der Waals surface area contributed by atoms with E-state index in [-0.39, 0.29) is 5.97 Å². The normalized spacial score (nSPS) is 10.8. The van der Waals surface area contributed by atoms with Gasteiger partial charge in [-0.05, 0) is 51.0 Å². The van der Waals surface area contributed by atoms with E-state index in [1.165, 1.54) is 5.56 Å². The summed E-state index contributed by atoms with van der Waals surface area (Å²) in [5.74, 6) is -0.380. The van der Waals surface area contributed by atoms with Gasteiger partial charge in [0.15, 0.2) is 5.65 Å². The quantitative estimate of drug-likeness (QED) is 0.666. The number of hydrogen-bond acceptors (Lipinski definition) is 5. The van der Waals surface area contributed by atoms with Crippen LogP contribution >= 0.6 is 0 Å². The van der Waals surface area contributed by atoms with E-state index in [4.69, 9.17) is 4.74 Å². The maximum atomic E-state index is 12.5. The van der Waals surface area contributed by atoms with E-state index in [1.807, 2.05) is 45.0 Å². The number of benzene rings is 1. The van der Waals surface area contributed by atoms with Crippen LogP contribution < -0.4 is 5.32 Å². The standard InChI is InChI=1S/C21H23N3O2/c1-5-10-26-21(25)17-12-22-20-16(8-7-15(4)23-20)19(17)24-18-9-6-13(2)11-14(18)3/h6-9,11-12H,5,10H2,1-4H3,(H,22,23,24). The number of fused-ring (bicyclic) bond motifs is 1. The van der Waals surface area contributed by atoms with Crippen LogP contribution in [0.3, 0.4) is 0 Å². The van der Waals surface area contributed by atoms with Crippen molar-refractivity contribution in [3.8, 4) is 0 Å². The fourth-order valence-corrected chi connectivity index (χ4v) is 2.82. The molecule has 1 N–H and O–H groups in total. The average molecular weight is 349 g/mol. The van der Waals surface area contributed by atoms with Gasteiger partial charge in [0.25, 0.3) is 0 Å². The number of esters is 1. The molecule has 134 valence electrons. The third-order valence-corrected chi connectivity index (χ3v) is 4.17. The second-order valence-electron chi connectivity index (χ2n) is 6.45. The fourth-order valence-electron chi connectivity index (χ4n) is 2.82. The molecule has 3 aromatic rings. The Morgan fingerprint density at radius 3 is 2.69 bits per heavy atom. The lowest BCUT2D eigenvalue weighted by Crippen LogP contribution is -2.10. The molecular formula is C21H23N3O2. The summed E-state index contributed by atoms with van der Waals surface area (Å²) in [6.45, 7) is 8.36. The van der Waals surface area contributed by atoms with Crippen molar-refractivity contribution in [2.24, 2.45) is 0 Å². The Hall–Kier alpha value is -2.95. The maximum absolute atomic E-state index is 12.5. The van der Waals surface area contributed by atoms with Crippen molar-refractivity contribution in [2.45, 2.75) is 34.1 Å². The smallest absolute Gasteiger partial charge is 0.341 e. The van der Waals surface area contributed by atoms with Crippen molar-refractivity contribution in [3.05, 3.63) is 58.9 Å². The van der Waals surface area contributed by atoms with Gasteiger partial charge < -0.3 is 10.1 Å². The molecule has 0 amide bonds. The second kappa shape index (κ2) is 7.52. The Kier molecular flexibility index (Phi) is 5.16. The van der Waals surface area contributed by atoms with Gasteiger partial charge in [-0.15, -0.1) is 0 Å². The fraction of sp³-hybridized carbons (Fsp3) is 0.286. The number of aromatic nitrogens is 2. The number of pyridine rings is 2. The van der Waals surface area contributed by atoms with Crippen LogP contribution in [0.25, 0.3) is 11.0 Å². The highest BCUT2D eigenvalue weighted by molar-refractivity contribution is 6.05. The summed E-state index contributed by atoms with van der Waals surface area (Å²) in [7, 11) is 0. The molecule has 2 heterocycles. The van der Waals surface area contributed by atoms with E-state index in [9.17, 15) is 4.79 Å². The molecule has 0 radical (unpaired) electrons. The maximum Gasteiger partial charge on any atom is 0.341 e. The number of ether oxygens (including phenoxy) is 1. The zero-order valence-electron chi connectivity index (χ0n) is 15.6.